The van der Waals surface area contributed by atoms with Gasteiger partial charge in [0.2, 0.25) is 5.91 Å². The summed E-state index contributed by atoms with van der Waals surface area (Å²) in [5.41, 5.74) is -1.47. The van der Waals surface area contributed by atoms with E-state index in [1.807, 2.05) is 152 Å². The van der Waals surface area contributed by atoms with Gasteiger partial charge in [-0.05, 0) is 191 Å². The van der Waals surface area contributed by atoms with Crippen LogP contribution in [0, 0.1) is 10.8 Å². The monoisotopic (exact) mass is 1280 g/mol. The van der Waals surface area contributed by atoms with Gasteiger partial charge in [-0.25, -0.2) is 9.79 Å². The van der Waals surface area contributed by atoms with Crippen molar-refractivity contribution in [2.75, 3.05) is 40.8 Å². The fourth-order valence-corrected chi connectivity index (χ4v) is 7.91. The molecule has 3 aliphatic heterocycles. The number of carbonyl (C=O) groups is 5. The molecule has 0 saturated carbocycles. The van der Waals surface area contributed by atoms with Crippen LogP contribution in [0.3, 0.4) is 0 Å². The number of ether oxygens (including phenoxy) is 4. The molecule has 0 aromatic heterocycles. The molecule has 0 spiro atoms. The van der Waals surface area contributed by atoms with Crippen molar-refractivity contribution < 1.29 is 68.5 Å². The number of carboxylic acid groups (broad SMARTS) is 1. The maximum absolute atomic E-state index is 12.8. The van der Waals surface area contributed by atoms with Crippen LogP contribution in [0.2, 0.25) is 0 Å². The molecule has 22 heteroatoms. The second-order valence-corrected chi connectivity index (χ2v) is 30.1. The number of nitrogens with zero attached hydrogens (tertiary/aromatic N) is 4. The lowest BCUT2D eigenvalue weighted by Gasteiger charge is -2.35. The molecule has 1 aromatic rings. The number of rotatable bonds is 13. The summed E-state index contributed by atoms with van der Waals surface area (Å²) < 4.78 is 21.5. The summed E-state index contributed by atoms with van der Waals surface area (Å²) in [5.74, 6) is -1.89. The molecule has 0 radical (unpaired) electrons. The lowest BCUT2D eigenvalue weighted by Crippen LogP contribution is -2.55. The molecule has 3 fully saturated rings. The van der Waals surface area contributed by atoms with E-state index in [9.17, 15) is 34.2 Å². The zero-order valence-corrected chi connectivity index (χ0v) is 60.5. The fourth-order valence-electron chi connectivity index (χ4n) is 7.91. The number of likely N-dealkylation sites (tertiary alicyclic amines) is 3. The van der Waals surface area contributed by atoms with Crippen LogP contribution in [-0.4, -0.2) is 206 Å². The van der Waals surface area contributed by atoms with Gasteiger partial charge in [-0.2, -0.15) is 0 Å². The summed E-state index contributed by atoms with van der Waals surface area (Å²) >= 11 is 0. The Balaban J connectivity index is -0.000000493. The number of carboxylic acids is 1. The molecule has 3 saturated heterocycles. The minimum absolute atomic E-state index is 0. The van der Waals surface area contributed by atoms with Crippen LogP contribution >= 0.6 is 0 Å². The standard InChI is InChI=1S/C16H30N2O4.C12H16O2.C11H24N2O.C10H19NO3.C8H18N2.C6H11NO3.C4H10O.CH4/c1-15(2,3)12(17-7)13(20)18-9-10(19)8-11(18)14(21)22-16(4,5)6;1-12(2,3)11(13)14-9-10-7-5-4-6-8-10;1-8(2)12-10(13-9(3)4)14-11(5,6)7;1-10(2,3)14-9(13)8-5-7(12)6-11(8)4;1-7(2)9-5-6-10-8(3)4;1-7-3-4(8)2-5(7)6(9)10;1-4(2,3)5;/h10-12,17,19H,8-9H2,1-7H3;4-8H,9H2,1-3H3;8-9H,1-7H3,(H,12,13);7-8,12H,5-6H2,1-4H3;5-10H,1-4H3;4-5,8H,2-3H2,1H3,(H,9,10);5H,1-3H3;1H4/b;;;;6-5+;;;/t10-,11-,12+;;;7-,8-;;4-,5-;;/m0..0.0../s1. The number of nitrogens with one attached hydrogen (secondary N) is 4. The molecule has 90 heavy (non-hydrogen) atoms. The van der Waals surface area contributed by atoms with E-state index in [4.69, 9.17) is 34.3 Å². The van der Waals surface area contributed by atoms with Crippen molar-refractivity contribution in [2.45, 2.75) is 302 Å². The number of aliphatic hydroxyl groups is 4. The van der Waals surface area contributed by atoms with Gasteiger partial charge in [-0.15, -0.1) is 0 Å². The van der Waals surface area contributed by atoms with E-state index in [0.717, 1.165) is 5.56 Å². The third-order valence-corrected chi connectivity index (χ3v) is 11.6. The number of hydrogen-bond acceptors (Lipinski definition) is 19. The van der Waals surface area contributed by atoms with Crippen molar-refractivity contribution in [1.29, 1.82) is 0 Å². The van der Waals surface area contributed by atoms with Gasteiger partial charge >= 0.3 is 23.9 Å². The molecule has 0 aliphatic carbocycles. The zero-order valence-electron chi connectivity index (χ0n) is 60.5. The summed E-state index contributed by atoms with van der Waals surface area (Å²) in [6, 6.07) is 10.0. The fraction of sp³-hybridized carbons (Fsp3) is 0.794. The van der Waals surface area contributed by atoms with Gasteiger partial charge in [-0.3, -0.25) is 29.0 Å². The van der Waals surface area contributed by atoms with Crippen molar-refractivity contribution in [3.63, 3.8) is 0 Å². The number of aliphatic hydroxyl groups excluding tert-OH is 3. The Morgan fingerprint density at radius 1 is 0.600 bits per heavy atom. The van der Waals surface area contributed by atoms with E-state index in [0.29, 0.717) is 56.7 Å². The molecule has 528 valence electrons. The van der Waals surface area contributed by atoms with Gasteiger partial charge in [-0.1, -0.05) is 58.5 Å². The van der Waals surface area contributed by atoms with Gasteiger partial charge in [0.25, 0.3) is 6.02 Å². The van der Waals surface area contributed by atoms with Gasteiger partial charge in [0.15, 0.2) is 0 Å². The minimum atomic E-state index is -0.848. The van der Waals surface area contributed by atoms with Gasteiger partial charge in [0.1, 0.15) is 41.5 Å². The minimum Gasteiger partial charge on any atom is -0.480 e. The molecule has 7 atom stereocenters. The van der Waals surface area contributed by atoms with E-state index in [-0.39, 0.29) is 61.3 Å². The molecule has 22 nitrogen and oxygen atoms in total. The highest BCUT2D eigenvalue weighted by Gasteiger charge is 2.45. The molecule has 1 amide bonds. The topological polar surface area (TPSA) is 294 Å². The highest BCUT2D eigenvalue weighted by molar-refractivity contribution is 5.89. The van der Waals surface area contributed by atoms with Crippen LogP contribution in [0.5, 0.6) is 0 Å². The predicted molar refractivity (Wildman–Crippen MR) is 364 cm³/mol. The van der Waals surface area contributed by atoms with E-state index in [1.54, 1.807) is 60.5 Å². The molecule has 9 N–H and O–H groups in total. The molecule has 3 heterocycles. The Morgan fingerprint density at radius 3 is 1.28 bits per heavy atom. The number of likely N-dealkylation sites (N-methyl/N-ethyl adjacent to an activating group) is 3. The Kier molecular flexibility index (Phi) is 42.8. The Labute approximate surface area is 545 Å². The van der Waals surface area contributed by atoms with E-state index in [1.165, 1.54) is 4.90 Å². The number of benzene rings is 1. The lowest BCUT2D eigenvalue weighted by molar-refractivity contribution is -0.164. The number of hydrogen-bond donors (Lipinski definition) is 9. The molecule has 4 rings (SSSR count). The predicted octanol–water partition coefficient (Wildman–Crippen LogP) is 8.66. The van der Waals surface area contributed by atoms with Crippen LogP contribution in [-0.2, 0) is 49.5 Å². The molecule has 0 bridgehead atoms. The zero-order chi connectivity index (χ0) is 70.4. The molecular formula is C68H132N8O14. The maximum Gasteiger partial charge on any atom is 0.329 e. The number of aliphatic carboxylic acids is 1. The first-order valence-electron chi connectivity index (χ1n) is 31.3. The summed E-state index contributed by atoms with van der Waals surface area (Å²) in [6.45, 7) is 51.8. The van der Waals surface area contributed by atoms with Gasteiger partial charge in [0.05, 0.1) is 35.4 Å². The van der Waals surface area contributed by atoms with Crippen molar-refractivity contribution in [3.8, 4) is 0 Å². The van der Waals surface area contributed by atoms with E-state index >= 15 is 0 Å². The second-order valence-electron chi connectivity index (χ2n) is 30.1. The van der Waals surface area contributed by atoms with Crippen molar-refractivity contribution in [2.24, 2.45) is 15.8 Å². The lowest BCUT2D eigenvalue weighted by atomic mass is 9.86. The molecule has 1 aromatic carbocycles. The average Bonchev–Trinajstić information content (AvgIpc) is 1.67. The number of amides is 1. The molecular weight excluding hydrogens is 1150 g/mol. The number of β-amino-alcohol motifs (C(OH)–C–C–N with tert-alkyl or cyclic N) is 3. The van der Waals surface area contributed by atoms with Crippen LogP contribution in [0.1, 0.15) is 212 Å². The van der Waals surface area contributed by atoms with Crippen molar-refractivity contribution in [3.05, 3.63) is 48.3 Å². The molecule has 0 unspecified atom stereocenters. The summed E-state index contributed by atoms with van der Waals surface area (Å²) in [5, 5.41) is 57.9. The summed E-state index contributed by atoms with van der Waals surface area (Å²) in [6.07, 6.45) is 3.36. The third-order valence-electron chi connectivity index (χ3n) is 11.6. The Bertz CT molecular complexity index is 2200. The summed E-state index contributed by atoms with van der Waals surface area (Å²) in [7, 11) is 5.25. The number of carbonyl (C=O) groups excluding carboxylic acids is 4. The first kappa shape index (κ1) is 91.3. The molecule has 3 aliphatic rings. The third kappa shape index (κ3) is 47.8. The van der Waals surface area contributed by atoms with Crippen LogP contribution in [0.15, 0.2) is 47.7 Å². The smallest absolute Gasteiger partial charge is 0.329 e. The maximum atomic E-state index is 12.8. The first-order chi connectivity index (χ1) is 40.1. The highest BCUT2D eigenvalue weighted by Crippen LogP contribution is 2.28. The number of aliphatic imine (C=N–C) groups is 1. The highest BCUT2D eigenvalue weighted by atomic mass is 16.6. The number of amidine groups is 1. The number of esters is 3. The largest absolute Gasteiger partial charge is 0.480 e. The normalized spacial score (nSPS) is 20.1. The Morgan fingerprint density at radius 2 is 0.978 bits per heavy atom. The van der Waals surface area contributed by atoms with Crippen molar-refractivity contribution >= 4 is 35.8 Å². The summed E-state index contributed by atoms with van der Waals surface area (Å²) in [4.78, 5) is 67.9. The SMILES string of the molecule is C.CC(C)(C)C(=O)OCc1ccccc1.CC(C)(C)O.CC(C)N/C=C/NC(C)C.CC(C)N=C(NC(C)C)OC(C)(C)C.CN1C[C@@H](O)C[C@H]1C(=O)O.CN1C[C@@H](O)C[C@H]1C(=O)OC(C)(C)C.CN[C@H](C(=O)N1C[C@@H](O)C[C@H]1C(=O)OC(C)(C)C)C(C)(C)C. The second kappa shape index (κ2) is 42.2. The van der Waals surface area contributed by atoms with E-state index < -0.39 is 70.6 Å². The van der Waals surface area contributed by atoms with Gasteiger partial charge < -0.3 is 70.6 Å². The average molecular weight is 1290 g/mol. The van der Waals surface area contributed by atoms with Crippen LogP contribution in [0.4, 0.5) is 0 Å². The Hall–Kier alpha value is -5.10. The van der Waals surface area contributed by atoms with Crippen molar-refractivity contribution in [1.82, 2.24) is 36.0 Å². The quantitative estimate of drug-likeness (QED) is 0.0386. The van der Waals surface area contributed by atoms with Crippen LogP contribution in [0.25, 0.3) is 0 Å². The van der Waals surface area contributed by atoms with Crippen LogP contribution < -0.4 is 21.3 Å². The van der Waals surface area contributed by atoms with Gasteiger partial charge in [0, 0.05) is 75.5 Å². The van der Waals surface area contributed by atoms with E-state index in [2.05, 4.69) is 67.8 Å². The first-order valence-corrected chi connectivity index (χ1v) is 31.3.